The van der Waals surface area contributed by atoms with Crippen LogP contribution >= 0.6 is 11.3 Å². The van der Waals surface area contributed by atoms with Gasteiger partial charge in [-0.3, -0.25) is 4.79 Å². The molecule has 6 heteroatoms. The molecule has 2 aliphatic rings. The van der Waals surface area contributed by atoms with Crippen LogP contribution in [0.2, 0.25) is 0 Å². The number of anilines is 1. The molecule has 0 fully saturated rings. The predicted octanol–water partition coefficient (Wildman–Crippen LogP) is 4.55. The van der Waals surface area contributed by atoms with E-state index in [4.69, 9.17) is 9.47 Å². The highest BCUT2D eigenvalue weighted by Gasteiger charge is 2.34. The Morgan fingerprint density at radius 1 is 1.15 bits per heavy atom. The molecule has 1 N–H and O–H groups in total. The highest BCUT2D eigenvalue weighted by atomic mass is 32.1. The molecular weight excluding hydrogens is 360 g/mol. The third kappa shape index (κ3) is 2.73. The average Bonchev–Trinajstić information content (AvgIpc) is 3.32. The van der Waals surface area contributed by atoms with E-state index in [1.54, 1.807) is 11.3 Å². The number of thiophene rings is 1. The van der Waals surface area contributed by atoms with Crippen molar-refractivity contribution in [1.82, 2.24) is 4.90 Å². The molecule has 0 spiro atoms. The van der Waals surface area contributed by atoms with Gasteiger partial charge in [0.2, 0.25) is 6.79 Å². The second kappa shape index (κ2) is 6.32. The van der Waals surface area contributed by atoms with Crippen LogP contribution < -0.4 is 14.8 Å². The summed E-state index contributed by atoms with van der Waals surface area (Å²) in [6.07, 6.45) is -0.196. The molecule has 3 aromatic rings. The number of hydrogen-bond donors (Lipinski definition) is 1. The Bertz CT molecular complexity index is 1030. The molecule has 1 atom stereocenters. The van der Waals surface area contributed by atoms with E-state index in [1.807, 2.05) is 47.4 Å². The molecule has 0 saturated carbocycles. The quantitative estimate of drug-likeness (QED) is 0.726. The standard InChI is InChI=1S/C21H18N2O3S/c1-13-8-9-27-19(13)20-22-16-5-3-2-4-15(16)21(24)23(20)11-14-6-7-17-18(10-14)26-12-25-17/h2-10,20,22H,11-12H2,1H3/t20-/m1/s1. The summed E-state index contributed by atoms with van der Waals surface area (Å²) in [6.45, 7) is 2.81. The van der Waals surface area contributed by atoms with Gasteiger partial charge >= 0.3 is 0 Å². The number of benzene rings is 2. The van der Waals surface area contributed by atoms with Crippen LogP contribution in [0.15, 0.2) is 53.9 Å². The number of para-hydroxylation sites is 1. The zero-order valence-corrected chi connectivity index (χ0v) is 15.6. The minimum atomic E-state index is -0.196. The topological polar surface area (TPSA) is 50.8 Å². The fourth-order valence-electron chi connectivity index (χ4n) is 3.56. The van der Waals surface area contributed by atoms with Crippen LogP contribution in [-0.2, 0) is 6.54 Å². The highest BCUT2D eigenvalue weighted by molar-refractivity contribution is 7.10. The molecule has 5 rings (SSSR count). The van der Waals surface area contributed by atoms with E-state index >= 15 is 0 Å². The SMILES string of the molecule is Cc1ccsc1[C@@H]1Nc2ccccc2C(=O)N1Cc1ccc2c(c1)OCO2. The predicted molar refractivity (Wildman–Crippen MR) is 104 cm³/mol. The van der Waals surface area contributed by atoms with E-state index in [1.165, 1.54) is 5.56 Å². The van der Waals surface area contributed by atoms with Crippen molar-refractivity contribution in [3.8, 4) is 11.5 Å². The van der Waals surface area contributed by atoms with Crippen LogP contribution in [-0.4, -0.2) is 17.6 Å². The lowest BCUT2D eigenvalue weighted by Crippen LogP contribution is -2.42. The van der Waals surface area contributed by atoms with Crippen LogP contribution in [0.25, 0.3) is 0 Å². The molecule has 27 heavy (non-hydrogen) atoms. The van der Waals surface area contributed by atoms with Gasteiger partial charge in [0.15, 0.2) is 11.5 Å². The van der Waals surface area contributed by atoms with Crippen molar-refractivity contribution in [1.29, 1.82) is 0 Å². The van der Waals surface area contributed by atoms with E-state index in [0.29, 0.717) is 12.1 Å². The number of nitrogens with one attached hydrogen (secondary N) is 1. The van der Waals surface area contributed by atoms with Crippen LogP contribution in [0, 0.1) is 6.92 Å². The highest BCUT2D eigenvalue weighted by Crippen LogP contribution is 2.38. The lowest BCUT2D eigenvalue weighted by Gasteiger charge is -2.38. The molecule has 5 nitrogen and oxygen atoms in total. The molecule has 2 aliphatic heterocycles. The van der Waals surface area contributed by atoms with Crippen LogP contribution in [0.3, 0.4) is 0 Å². The van der Waals surface area contributed by atoms with Crippen LogP contribution in [0.4, 0.5) is 5.69 Å². The number of aryl methyl sites for hydroxylation is 1. The smallest absolute Gasteiger partial charge is 0.258 e. The lowest BCUT2D eigenvalue weighted by atomic mass is 10.0. The number of rotatable bonds is 3. The van der Waals surface area contributed by atoms with E-state index in [2.05, 4.69) is 23.7 Å². The van der Waals surface area contributed by atoms with Gasteiger partial charge in [-0.2, -0.15) is 0 Å². The number of ether oxygens (including phenoxy) is 2. The molecule has 136 valence electrons. The molecule has 0 unspecified atom stereocenters. The van der Waals surface area contributed by atoms with Gasteiger partial charge in [0, 0.05) is 12.2 Å². The first-order chi connectivity index (χ1) is 13.2. The number of fused-ring (bicyclic) bond motifs is 2. The number of nitrogens with zero attached hydrogens (tertiary/aromatic N) is 1. The maximum Gasteiger partial charge on any atom is 0.258 e. The van der Waals surface area contributed by atoms with Gasteiger partial charge in [-0.1, -0.05) is 18.2 Å². The van der Waals surface area contributed by atoms with Crippen molar-refractivity contribution in [2.24, 2.45) is 0 Å². The first-order valence-corrected chi connectivity index (χ1v) is 9.68. The summed E-state index contributed by atoms with van der Waals surface area (Å²) in [6, 6.07) is 15.6. The second-order valence-electron chi connectivity index (χ2n) is 6.68. The Kier molecular flexibility index (Phi) is 3.79. The summed E-state index contributed by atoms with van der Waals surface area (Å²) in [5.74, 6) is 1.51. The maximum atomic E-state index is 13.3. The summed E-state index contributed by atoms with van der Waals surface area (Å²) >= 11 is 1.67. The third-order valence-corrected chi connectivity index (χ3v) is 6.03. The second-order valence-corrected chi connectivity index (χ2v) is 7.63. The molecule has 3 heterocycles. The zero-order valence-electron chi connectivity index (χ0n) is 14.8. The van der Waals surface area contributed by atoms with Gasteiger partial charge in [-0.25, -0.2) is 0 Å². The Morgan fingerprint density at radius 3 is 2.85 bits per heavy atom. The molecule has 0 saturated heterocycles. The molecule has 2 aromatic carbocycles. The fraction of sp³-hybridized carbons (Fsp3) is 0.190. The van der Waals surface area contributed by atoms with Crippen LogP contribution in [0.5, 0.6) is 11.5 Å². The van der Waals surface area contributed by atoms with E-state index < -0.39 is 0 Å². The minimum absolute atomic E-state index is 0.0276. The summed E-state index contributed by atoms with van der Waals surface area (Å²) in [7, 11) is 0. The third-order valence-electron chi connectivity index (χ3n) is 4.96. The maximum absolute atomic E-state index is 13.3. The zero-order chi connectivity index (χ0) is 18.4. The number of carbonyl (C=O) groups excluding carboxylic acids is 1. The number of amides is 1. The van der Waals surface area contributed by atoms with E-state index in [9.17, 15) is 4.79 Å². The van der Waals surface area contributed by atoms with Crippen molar-refractivity contribution in [2.45, 2.75) is 19.6 Å². The van der Waals surface area contributed by atoms with Crippen molar-refractivity contribution in [3.63, 3.8) is 0 Å². The van der Waals surface area contributed by atoms with Crippen molar-refractivity contribution < 1.29 is 14.3 Å². The normalized spacial score (nSPS) is 17.6. The number of hydrogen-bond acceptors (Lipinski definition) is 5. The van der Waals surface area contributed by atoms with Crippen molar-refractivity contribution >= 4 is 22.9 Å². The molecule has 0 radical (unpaired) electrons. The van der Waals surface area contributed by atoms with Gasteiger partial charge in [0.05, 0.1) is 10.4 Å². The van der Waals surface area contributed by atoms with Gasteiger partial charge in [-0.15, -0.1) is 11.3 Å². The molecule has 0 aliphatic carbocycles. The van der Waals surface area contributed by atoms with Crippen LogP contribution in [0.1, 0.15) is 32.5 Å². The molecule has 1 aromatic heterocycles. The van der Waals surface area contributed by atoms with Gasteiger partial charge in [0.1, 0.15) is 6.17 Å². The fourth-order valence-corrected chi connectivity index (χ4v) is 4.55. The first-order valence-electron chi connectivity index (χ1n) is 8.80. The summed E-state index contributed by atoms with van der Waals surface area (Å²) < 4.78 is 10.9. The average molecular weight is 378 g/mol. The summed E-state index contributed by atoms with van der Waals surface area (Å²) in [5.41, 5.74) is 3.76. The Labute approximate surface area is 161 Å². The monoisotopic (exact) mass is 378 g/mol. The first kappa shape index (κ1) is 16.2. The van der Waals surface area contributed by atoms with Gasteiger partial charge in [-0.05, 0) is 53.8 Å². The minimum Gasteiger partial charge on any atom is -0.454 e. The van der Waals surface area contributed by atoms with E-state index in [-0.39, 0.29) is 18.9 Å². The summed E-state index contributed by atoms with van der Waals surface area (Å²) in [4.78, 5) is 16.3. The molecular formula is C21H18N2O3S. The Hall–Kier alpha value is -2.99. The van der Waals surface area contributed by atoms with Gasteiger partial charge < -0.3 is 19.7 Å². The van der Waals surface area contributed by atoms with Crippen molar-refractivity contribution in [2.75, 3.05) is 12.1 Å². The van der Waals surface area contributed by atoms with Gasteiger partial charge in [0.25, 0.3) is 5.91 Å². The van der Waals surface area contributed by atoms with Crippen molar-refractivity contribution in [3.05, 3.63) is 75.5 Å². The largest absolute Gasteiger partial charge is 0.454 e. The number of carbonyl (C=O) groups is 1. The van der Waals surface area contributed by atoms with E-state index in [0.717, 1.165) is 27.6 Å². The lowest BCUT2D eigenvalue weighted by molar-refractivity contribution is 0.0669. The molecule has 1 amide bonds. The Balaban J connectivity index is 1.54. The Morgan fingerprint density at radius 2 is 2.00 bits per heavy atom. The summed E-state index contributed by atoms with van der Waals surface area (Å²) in [5, 5.41) is 5.62. The molecule has 0 bridgehead atoms.